The molecule has 108 valence electrons. The van der Waals surface area contributed by atoms with Crippen molar-refractivity contribution in [3.63, 3.8) is 0 Å². The van der Waals surface area contributed by atoms with Gasteiger partial charge in [-0.2, -0.15) is 5.26 Å². The molecular weight excluding hydrogens is 254 g/mol. The molecule has 0 aromatic carbocycles. The van der Waals surface area contributed by atoms with Crippen molar-refractivity contribution in [2.24, 2.45) is 5.73 Å². The lowest BCUT2D eigenvalue weighted by molar-refractivity contribution is -0.117. The zero-order valence-electron chi connectivity index (χ0n) is 11.7. The van der Waals surface area contributed by atoms with E-state index in [1.54, 1.807) is 0 Å². The highest BCUT2D eigenvalue weighted by Gasteiger charge is 2.26. The lowest BCUT2D eigenvalue weighted by atomic mass is 10.00. The van der Waals surface area contributed by atoms with E-state index in [4.69, 9.17) is 11.0 Å². The van der Waals surface area contributed by atoms with Gasteiger partial charge in [-0.3, -0.25) is 4.79 Å². The van der Waals surface area contributed by atoms with Crippen molar-refractivity contribution in [2.45, 2.75) is 63.8 Å². The molecule has 6 nitrogen and oxygen atoms in total. The number of nitriles is 1. The van der Waals surface area contributed by atoms with Crippen LogP contribution in [0.25, 0.3) is 0 Å². The monoisotopic (exact) mass is 275 g/mol. The highest BCUT2D eigenvalue weighted by atomic mass is 16.1. The second-order valence-electron chi connectivity index (χ2n) is 5.38. The van der Waals surface area contributed by atoms with Crippen LogP contribution in [0.1, 0.15) is 62.3 Å². The molecule has 1 aliphatic carbocycles. The van der Waals surface area contributed by atoms with Gasteiger partial charge >= 0.3 is 0 Å². The van der Waals surface area contributed by atoms with Crippen LogP contribution in [0.4, 0.5) is 0 Å². The van der Waals surface area contributed by atoms with E-state index < -0.39 is 0 Å². The van der Waals surface area contributed by atoms with Crippen LogP contribution in [-0.4, -0.2) is 20.9 Å². The van der Waals surface area contributed by atoms with Gasteiger partial charge in [0.25, 0.3) is 0 Å². The van der Waals surface area contributed by atoms with E-state index in [0.29, 0.717) is 12.3 Å². The molecule has 1 saturated carbocycles. The predicted molar refractivity (Wildman–Crippen MR) is 73.6 cm³/mol. The maximum Gasteiger partial charge on any atom is 0.223 e. The Labute approximate surface area is 118 Å². The molecule has 2 N–H and O–H groups in total. The molecule has 1 aromatic rings. The van der Waals surface area contributed by atoms with Gasteiger partial charge in [0.15, 0.2) is 0 Å². The number of amides is 1. The summed E-state index contributed by atoms with van der Waals surface area (Å²) < 4.78 is 1.92. The zero-order chi connectivity index (χ0) is 14.4. The van der Waals surface area contributed by atoms with Crippen molar-refractivity contribution in [3.8, 4) is 6.07 Å². The van der Waals surface area contributed by atoms with Crippen molar-refractivity contribution >= 4 is 5.91 Å². The average Bonchev–Trinajstić information content (AvgIpc) is 3.03. The van der Waals surface area contributed by atoms with Gasteiger partial charge in [-0.05, 0) is 25.7 Å². The summed E-state index contributed by atoms with van der Waals surface area (Å²) in [6, 6.07) is 2.15. The number of primary amides is 1. The molecule has 0 radical (unpaired) electrons. The minimum absolute atomic E-state index is 0.171. The Morgan fingerprint density at radius 1 is 1.40 bits per heavy atom. The third-order valence-electron chi connectivity index (χ3n) is 3.84. The molecule has 1 fully saturated rings. The smallest absolute Gasteiger partial charge is 0.223 e. The van der Waals surface area contributed by atoms with E-state index in [1.165, 1.54) is 12.8 Å². The molecular formula is C14H21N5O. The number of aryl methyl sites for hydroxylation is 1. The minimum atomic E-state index is -0.360. The van der Waals surface area contributed by atoms with Gasteiger partial charge in [0, 0.05) is 18.9 Å². The normalized spacial score (nSPS) is 15.3. The molecule has 1 aliphatic rings. The first kappa shape index (κ1) is 14.5. The number of nitrogens with zero attached hydrogens (tertiary/aromatic N) is 4. The Bertz CT molecular complexity index is 496. The van der Waals surface area contributed by atoms with Crippen molar-refractivity contribution in [1.82, 2.24) is 15.0 Å². The molecule has 0 aliphatic heterocycles. The summed E-state index contributed by atoms with van der Waals surface area (Å²) in [5.41, 5.74) is 7.13. The van der Waals surface area contributed by atoms with Gasteiger partial charge < -0.3 is 5.73 Å². The second kappa shape index (κ2) is 7.04. The van der Waals surface area contributed by atoms with Crippen LogP contribution in [0.5, 0.6) is 0 Å². The number of rotatable bonds is 7. The Kier molecular flexibility index (Phi) is 5.10. The van der Waals surface area contributed by atoms with Crippen LogP contribution in [-0.2, 0) is 17.8 Å². The Morgan fingerprint density at radius 3 is 2.80 bits per heavy atom. The highest BCUT2D eigenvalue weighted by Crippen LogP contribution is 2.35. The first-order chi connectivity index (χ1) is 9.72. The van der Waals surface area contributed by atoms with Crippen LogP contribution in [0.15, 0.2) is 0 Å². The summed E-state index contributed by atoms with van der Waals surface area (Å²) in [5.74, 6) is 0.0936. The molecule has 0 spiro atoms. The molecule has 0 bridgehead atoms. The molecule has 2 rings (SSSR count). The summed E-state index contributed by atoms with van der Waals surface area (Å²) in [6.07, 6.45) is 7.24. The average molecular weight is 275 g/mol. The summed E-state index contributed by atoms with van der Waals surface area (Å²) in [4.78, 5) is 11.2. The summed E-state index contributed by atoms with van der Waals surface area (Å²) in [6.45, 7) is 0.763. The summed E-state index contributed by atoms with van der Waals surface area (Å²) in [5, 5.41) is 16.9. The van der Waals surface area contributed by atoms with Gasteiger partial charge in [0.05, 0.1) is 23.9 Å². The van der Waals surface area contributed by atoms with Crippen molar-refractivity contribution in [2.75, 3.05) is 0 Å². The van der Waals surface area contributed by atoms with E-state index in [9.17, 15) is 4.79 Å². The fourth-order valence-corrected chi connectivity index (χ4v) is 2.92. The van der Waals surface area contributed by atoms with Crippen molar-refractivity contribution in [1.29, 1.82) is 5.26 Å². The molecule has 0 atom stereocenters. The first-order valence-corrected chi connectivity index (χ1v) is 7.30. The highest BCUT2D eigenvalue weighted by molar-refractivity contribution is 5.76. The number of aromatic nitrogens is 3. The molecule has 0 saturated heterocycles. The van der Waals surface area contributed by atoms with Gasteiger partial charge in [0.1, 0.15) is 0 Å². The Balaban J connectivity index is 2.11. The maximum atomic E-state index is 11.2. The number of carbonyl (C=O) groups is 1. The zero-order valence-corrected chi connectivity index (χ0v) is 11.7. The minimum Gasteiger partial charge on any atom is -0.369 e. The van der Waals surface area contributed by atoms with Crippen LogP contribution in [0.3, 0.4) is 0 Å². The topological polar surface area (TPSA) is 97.6 Å². The Hall–Kier alpha value is -1.90. The number of nitrogens with two attached hydrogens (primary N) is 1. The van der Waals surface area contributed by atoms with Crippen LogP contribution in [0.2, 0.25) is 0 Å². The first-order valence-electron chi connectivity index (χ1n) is 7.30. The van der Waals surface area contributed by atoms with Crippen molar-refractivity contribution in [3.05, 3.63) is 11.4 Å². The number of unbranched alkanes of at least 4 members (excludes halogenated alkanes) is 2. The SMILES string of the molecule is N#CCCCCn1nnc(CC(N)=O)c1C1CCCC1. The largest absolute Gasteiger partial charge is 0.369 e. The fourth-order valence-electron chi connectivity index (χ4n) is 2.92. The van der Waals surface area contributed by atoms with Crippen LogP contribution >= 0.6 is 0 Å². The molecule has 1 heterocycles. The molecule has 1 aromatic heterocycles. The fraction of sp³-hybridized carbons (Fsp3) is 0.714. The third-order valence-corrected chi connectivity index (χ3v) is 3.84. The van der Waals surface area contributed by atoms with E-state index in [2.05, 4.69) is 16.4 Å². The summed E-state index contributed by atoms with van der Waals surface area (Å²) >= 11 is 0. The van der Waals surface area contributed by atoms with E-state index >= 15 is 0 Å². The second-order valence-corrected chi connectivity index (χ2v) is 5.38. The van der Waals surface area contributed by atoms with E-state index in [-0.39, 0.29) is 12.3 Å². The number of hydrogen-bond donors (Lipinski definition) is 1. The number of hydrogen-bond acceptors (Lipinski definition) is 4. The quantitative estimate of drug-likeness (QED) is 0.765. The molecule has 20 heavy (non-hydrogen) atoms. The van der Waals surface area contributed by atoms with Crippen LogP contribution in [0, 0.1) is 11.3 Å². The molecule has 0 unspecified atom stereocenters. The molecule has 1 amide bonds. The number of carbonyl (C=O) groups excluding carboxylic acids is 1. The standard InChI is InChI=1S/C14H21N5O/c15-8-4-1-5-9-19-14(11-6-2-3-7-11)12(17-18-19)10-13(16)20/h11H,1-7,9-10H2,(H2,16,20). The maximum absolute atomic E-state index is 11.2. The van der Waals surface area contributed by atoms with Gasteiger partial charge in [0.2, 0.25) is 5.91 Å². The Morgan fingerprint density at radius 2 is 2.15 bits per heavy atom. The van der Waals surface area contributed by atoms with Gasteiger partial charge in [-0.15, -0.1) is 5.10 Å². The molecule has 6 heteroatoms. The lowest BCUT2D eigenvalue weighted by Crippen LogP contribution is -2.16. The third kappa shape index (κ3) is 3.56. The van der Waals surface area contributed by atoms with Gasteiger partial charge in [-0.25, -0.2) is 4.68 Å². The lowest BCUT2D eigenvalue weighted by Gasteiger charge is -2.13. The van der Waals surface area contributed by atoms with E-state index in [1.807, 2.05) is 4.68 Å². The van der Waals surface area contributed by atoms with Crippen LogP contribution < -0.4 is 5.73 Å². The van der Waals surface area contributed by atoms with Gasteiger partial charge in [-0.1, -0.05) is 18.1 Å². The van der Waals surface area contributed by atoms with Crippen molar-refractivity contribution < 1.29 is 4.79 Å². The summed E-state index contributed by atoms with van der Waals surface area (Å²) in [7, 11) is 0. The predicted octanol–water partition coefficient (Wildman–Crippen LogP) is 1.66. The van der Waals surface area contributed by atoms with E-state index in [0.717, 1.165) is 43.6 Å².